The van der Waals surface area contributed by atoms with E-state index in [0.717, 1.165) is 0 Å². The van der Waals surface area contributed by atoms with Crippen LogP contribution in [-0.4, -0.2) is 89.5 Å². The summed E-state index contributed by atoms with van der Waals surface area (Å²) in [6.07, 6.45) is 2.27. The van der Waals surface area contributed by atoms with Gasteiger partial charge in [-0.25, -0.2) is 0 Å². The van der Waals surface area contributed by atoms with Crippen LogP contribution in [0.1, 0.15) is 51.9 Å². The van der Waals surface area contributed by atoms with Crippen molar-refractivity contribution in [3.05, 3.63) is 0 Å². The Balaban J connectivity index is 2.17. The topological polar surface area (TPSA) is 218 Å². The van der Waals surface area contributed by atoms with Gasteiger partial charge in [-0.15, -0.1) is 0 Å². The molecule has 2 rings (SSSR count). The van der Waals surface area contributed by atoms with E-state index in [4.69, 9.17) is 17.2 Å². The van der Waals surface area contributed by atoms with E-state index in [-0.39, 0.29) is 17.8 Å². The molecule has 34 heavy (non-hydrogen) atoms. The van der Waals surface area contributed by atoms with Crippen molar-refractivity contribution in [1.29, 1.82) is 0 Å². The summed E-state index contributed by atoms with van der Waals surface area (Å²) < 4.78 is 0. The molecular formula is C21H38N8O5. The van der Waals surface area contributed by atoms with E-state index in [1.165, 1.54) is 11.8 Å². The van der Waals surface area contributed by atoms with E-state index in [1.54, 1.807) is 0 Å². The van der Waals surface area contributed by atoms with Gasteiger partial charge < -0.3 is 43.2 Å². The molecule has 2 heterocycles. The second-order valence-electron chi connectivity index (χ2n) is 8.81. The van der Waals surface area contributed by atoms with Crippen molar-refractivity contribution >= 4 is 29.6 Å². The molecule has 13 heteroatoms. The van der Waals surface area contributed by atoms with Crippen LogP contribution in [0.5, 0.6) is 0 Å². The van der Waals surface area contributed by atoms with E-state index < -0.39 is 42.1 Å². The average Bonchev–Trinajstić information content (AvgIpc) is 3.28. The predicted molar refractivity (Wildman–Crippen MR) is 125 cm³/mol. The Morgan fingerprint density at radius 3 is 2.62 bits per heavy atom. The minimum Gasteiger partial charge on any atom is -0.391 e. The van der Waals surface area contributed by atoms with Crippen molar-refractivity contribution in [3.8, 4) is 0 Å². The summed E-state index contributed by atoms with van der Waals surface area (Å²) in [5, 5.41) is 17.9. The minimum atomic E-state index is -1.17. The third-order valence-corrected chi connectivity index (χ3v) is 6.07. The zero-order valence-electron chi connectivity index (χ0n) is 19.7. The number of aliphatic hydroxyl groups excluding tert-OH is 1. The molecule has 192 valence electrons. The van der Waals surface area contributed by atoms with Crippen LogP contribution < -0.4 is 33.2 Å². The maximum atomic E-state index is 13.3. The minimum absolute atomic E-state index is 0.0420. The molecule has 0 bridgehead atoms. The maximum absolute atomic E-state index is 13.3. The molecule has 2 aliphatic heterocycles. The van der Waals surface area contributed by atoms with Crippen LogP contribution in [0.15, 0.2) is 4.99 Å². The van der Waals surface area contributed by atoms with Crippen LogP contribution in [0, 0.1) is 0 Å². The Morgan fingerprint density at radius 2 is 1.94 bits per heavy atom. The van der Waals surface area contributed by atoms with Gasteiger partial charge in [-0.2, -0.15) is 0 Å². The molecule has 2 saturated heterocycles. The summed E-state index contributed by atoms with van der Waals surface area (Å²) in [4.78, 5) is 56.9. The molecule has 0 unspecified atom stereocenters. The number of nitrogens with one attached hydrogen (secondary N) is 3. The van der Waals surface area contributed by atoms with Gasteiger partial charge >= 0.3 is 0 Å². The van der Waals surface area contributed by atoms with Gasteiger partial charge in [0.05, 0.1) is 6.10 Å². The van der Waals surface area contributed by atoms with Crippen molar-refractivity contribution in [1.82, 2.24) is 20.9 Å². The molecule has 2 fully saturated rings. The average molecular weight is 483 g/mol. The number of hydrogen-bond donors (Lipinski definition) is 7. The van der Waals surface area contributed by atoms with Gasteiger partial charge in [0.2, 0.25) is 23.6 Å². The predicted octanol–water partition coefficient (Wildman–Crippen LogP) is -2.99. The number of fused-ring (bicyclic) bond motifs is 1. The highest BCUT2D eigenvalue weighted by Crippen LogP contribution is 2.21. The highest BCUT2D eigenvalue weighted by molar-refractivity contribution is 5.95. The highest BCUT2D eigenvalue weighted by atomic mass is 16.3. The first kappa shape index (κ1) is 27.3. The van der Waals surface area contributed by atoms with Crippen LogP contribution in [0.4, 0.5) is 0 Å². The smallest absolute Gasteiger partial charge is 0.245 e. The summed E-state index contributed by atoms with van der Waals surface area (Å²) in [5.41, 5.74) is 16.4. The monoisotopic (exact) mass is 482 g/mol. The molecular weight excluding hydrogens is 444 g/mol. The van der Waals surface area contributed by atoms with Gasteiger partial charge in [0.25, 0.3) is 0 Å². The fourth-order valence-corrected chi connectivity index (χ4v) is 4.10. The number of rotatable bonds is 7. The normalized spacial score (nSPS) is 26.0. The number of nitrogens with two attached hydrogens (primary N) is 3. The number of aliphatic imine (C=N–C) groups is 1. The van der Waals surface area contributed by atoms with Gasteiger partial charge in [0.1, 0.15) is 24.2 Å². The molecule has 2 aliphatic rings. The zero-order chi connectivity index (χ0) is 25.3. The molecule has 10 N–H and O–H groups in total. The molecule has 0 aliphatic carbocycles. The van der Waals surface area contributed by atoms with Gasteiger partial charge in [-0.3, -0.25) is 24.2 Å². The number of guanidine groups is 1. The molecule has 0 saturated carbocycles. The number of carbonyl (C=O) groups is 4. The summed E-state index contributed by atoms with van der Waals surface area (Å²) in [7, 11) is 0. The van der Waals surface area contributed by atoms with E-state index in [0.29, 0.717) is 64.6 Å². The number of amides is 4. The highest BCUT2D eigenvalue weighted by Gasteiger charge is 2.39. The summed E-state index contributed by atoms with van der Waals surface area (Å²) in [6.45, 7) is 2.45. The molecule has 0 aromatic carbocycles. The maximum Gasteiger partial charge on any atom is 0.245 e. The molecule has 5 atom stereocenters. The van der Waals surface area contributed by atoms with E-state index in [2.05, 4.69) is 20.9 Å². The molecule has 4 amide bonds. The second kappa shape index (κ2) is 13.1. The molecule has 13 nitrogen and oxygen atoms in total. The number of hydrogen-bond acceptors (Lipinski definition) is 7. The van der Waals surface area contributed by atoms with Crippen molar-refractivity contribution in [2.75, 3.05) is 19.6 Å². The fraction of sp³-hybridized carbons (Fsp3) is 0.762. The van der Waals surface area contributed by atoms with Crippen LogP contribution in [0.2, 0.25) is 0 Å². The lowest BCUT2D eigenvalue weighted by molar-refractivity contribution is -0.142. The van der Waals surface area contributed by atoms with Crippen molar-refractivity contribution < 1.29 is 24.3 Å². The SMILES string of the molecule is C[C@@H](O)[C@H](N)C(=O)N[C@H]1CCCCNC(=O)[C@H](CCCN=C(N)N)NC(=O)[C@@H]2CCCN2C1=O. The standard InChI is InChI=1S/C21H38N8O5/c1-12(30)16(22)19(33)28-14-6-2-3-9-25-17(31)13(7-4-10-26-21(23)24)27-18(32)15-8-5-11-29(15)20(14)34/h12-16,30H,2-11,22H2,1H3,(H,25,31)(H,27,32)(H,28,33)(H4,23,24,26)/t12-,13+,14+,15+,16+/m1/s1. The number of carbonyl (C=O) groups excluding carboxylic acids is 4. The quantitative estimate of drug-likeness (QED) is 0.112. The van der Waals surface area contributed by atoms with Crippen molar-refractivity contribution in [2.24, 2.45) is 22.2 Å². The van der Waals surface area contributed by atoms with Gasteiger partial charge in [0.15, 0.2) is 5.96 Å². The zero-order valence-corrected chi connectivity index (χ0v) is 19.7. The number of nitrogens with zero attached hydrogens (tertiary/aromatic N) is 2. The third kappa shape index (κ3) is 7.83. The summed E-state index contributed by atoms with van der Waals surface area (Å²) in [5.74, 6) is -1.77. The Morgan fingerprint density at radius 1 is 1.21 bits per heavy atom. The van der Waals surface area contributed by atoms with Crippen LogP contribution in [-0.2, 0) is 19.2 Å². The second-order valence-corrected chi connectivity index (χ2v) is 8.81. The third-order valence-electron chi connectivity index (χ3n) is 6.07. The lowest BCUT2D eigenvalue weighted by Gasteiger charge is -2.30. The van der Waals surface area contributed by atoms with Gasteiger partial charge in [-0.1, -0.05) is 0 Å². The van der Waals surface area contributed by atoms with Crippen LogP contribution in [0.25, 0.3) is 0 Å². The van der Waals surface area contributed by atoms with Crippen molar-refractivity contribution in [3.63, 3.8) is 0 Å². The molecule has 0 radical (unpaired) electrons. The Hall–Kier alpha value is -2.93. The van der Waals surface area contributed by atoms with Crippen LogP contribution >= 0.6 is 0 Å². The molecule has 0 aromatic heterocycles. The Bertz CT molecular complexity index is 770. The Kier molecular flexibility index (Phi) is 10.5. The first-order valence-electron chi connectivity index (χ1n) is 11.8. The summed E-state index contributed by atoms with van der Waals surface area (Å²) in [6, 6.07) is -3.57. The van der Waals surface area contributed by atoms with Gasteiger partial charge in [0, 0.05) is 19.6 Å². The Labute approximate surface area is 199 Å². The molecule has 0 aromatic rings. The fourth-order valence-electron chi connectivity index (χ4n) is 4.10. The van der Waals surface area contributed by atoms with Crippen LogP contribution in [0.3, 0.4) is 0 Å². The van der Waals surface area contributed by atoms with E-state index >= 15 is 0 Å². The van der Waals surface area contributed by atoms with Gasteiger partial charge in [-0.05, 0) is 51.9 Å². The largest absolute Gasteiger partial charge is 0.391 e. The lowest BCUT2D eigenvalue weighted by Crippen LogP contribution is -2.58. The van der Waals surface area contributed by atoms with E-state index in [1.807, 2.05) is 0 Å². The number of aliphatic hydroxyl groups is 1. The molecule has 0 spiro atoms. The lowest BCUT2D eigenvalue weighted by atomic mass is 10.1. The van der Waals surface area contributed by atoms with Crippen molar-refractivity contribution in [2.45, 2.75) is 82.1 Å². The van der Waals surface area contributed by atoms with E-state index in [9.17, 15) is 24.3 Å². The summed E-state index contributed by atoms with van der Waals surface area (Å²) >= 11 is 0. The first-order chi connectivity index (χ1) is 16.1. The first-order valence-corrected chi connectivity index (χ1v) is 11.8.